The molecule has 0 unspecified atom stereocenters. The number of aromatic nitrogens is 2. The average molecular weight is 275 g/mol. The Labute approximate surface area is 111 Å². The molecule has 0 radical (unpaired) electrons. The highest BCUT2D eigenvalue weighted by Crippen LogP contribution is 2.16. The molecule has 0 spiro atoms. The van der Waals surface area contributed by atoms with E-state index in [0.717, 1.165) is 12.1 Å². The summed E-state index contributed by atoms with van der Waals surface area (Å²) >= 11 is 0. The largest absolute Gasteiger partial charge is 0.341 e. The minimum atomic E-state index is -0.0315. The van der Waals surface area contributed by atoms with E-state index in [9.17, 15) is 9.18 Å². The highest BCUT2D eigenvalue weighted by atomic mass is 35.5. The Bertz CT molecular complexity index is 472. The van der Waals surface area contributed by atoms with Gasteiger partial charge in [0.1, 0.15) is 0 Å². The summed E-state index contributed by atoms with van der Waals surface area (Å²) in [5.41, 5.74) is 7.21. The fourth-order valence-corrected chi connectivity index (χ4v) is 1.84. The van der Waals surface area contributed by atoms with Crippen LogP contribution >= 0.6 is 12.4 Å². The Morgan fingerprint density at radius 2 is 2.39 bits per heavy atom. The van der Waals surface area contributed by atoms with Crippen LogP contribution in [0, 0.1) is 0 Å². The molecule has 0 atom stereocenters. The summed E-state index contributed by atoms with van der Waals surface area (Å²) < 4.78 is 14.0. The molecule has 0 aliphatic carbocycles. The fraction of sp³-hybridized carbons (Fsp3) is 0.455. The minimum absolute atomic E-state index is 0. The van der Waals surface area contributed by atoms with Gasteiger partial charge in [-0.1, -0.05) is 0 Å². The highest BCUT2D eigenvalue weighted by Gasteiger charge is 2.24. The first-order chi connectivity index (χ1) is 8.15. The molecule has 5 nitrogen and oxygen atoms in total. The van der Waals surface area contributed by atoms with Crippen molar-refractivity contribution in [3.63, 3.8) is 0 Å². The topological polar surface area (TPSA) is 64.2 Å². The van der Waals surface area contributed by atoms with Gasteiger partial charge in [0.25, 0.3) is 5.91 Å². The van der Waals surface area contributed by atoms with Crippen LogP contribution in [0.2, 0.25) is 0 Å². The number of fused-ring (bicyclic) bond motifs is 1. The van der Waals surface area contributed by atoms with Crippen LogP contribution in [-0.2, 0) is 13.0 Å². The molecule has 1 aliphatic rings. The van der Waals surface area contributed by atoms with Gasteiger partial charge in [0.2, 0.25) is 0 Å². The van der Waals surface area contributed by atoms with Crippen molar-refractivity contribution in [3.05, 3.63) is 29.4 Å². The number of nitrogens with two attached hydrogens (primary N) is 1. The van der Waals surface area contributed by atoms with E-state index in [2.05, 4.69) is 5.10 Å². The second kappa shape index (κ2) is 5.97. The summed E-state index contributed by atoms with van der Waals surface area (Å²) in [6.07, 6.45) is 2.89. The van der Waals surface area contributed by atoms with E-state index in [1.54, 1.807) is 22.8 Å². The predicted molar refractivity (Wildman–Crippen MR) is 68.4 cm³/mol. The number of hydrogen-bond acceptors (Lipinski definition) is 3. The van der Waals surface area contributed by atoms with Crippen LogP contribution in [0.1, 0.15) is 16.1 Å². The number of likely N-dealkylation sites (N-methyl/N-ethyl adjacent to an activating group) is 1. The van der Waals surface area contributed by atoms with Gasteiger partial charge < -0.3 is 10.6 Å². The maximum Gasteiger partial charge on any atom is 0.257 e. The molecular weight excluding hydrogens is 259 g/mol. The van der Waals surface area contributed by atoms with Crippen LogP contribution in [0.3, 0.4) is 0 Å². The SMILES string of the molecule is CN1CCc2nn(CC(=CF)CN)cc2C1=O.Cl. The molecule has 0 saturated heterocycles. The lowest BCUT2D eigenvalue weighted by molar-refractivity contribution is 0.0780. The normalized spacial score (nSPS) is 15.4. The number of rotatable bonds is 3. The second-order valence-electron chi connectivity index (χ2n) is 4.14. The molecule has 100 valence electrons. The number of carbonyl (C=O) groups excluding carboxylic acids is 1. The lowest BCUT2D eigenvalue weighted by Crippen LogP contribution is -2.33. The lowest BCUT2D eigenvalue weighted by atomic mass is 10.1. The molecule has 0 fully saturated rings. The van der Waals surface area contributed by atoms with Crippen molar-refractivity contribution in [2.75, 3.05) is 20.1 Å². The molecule has 2 N–H and O–H groups in total. The first-order valence-electron chi connectivity index (χ1n) is 5.45. The average Bonchev–Trinajstić information content (AvgIpc) is 2.74. The van der Waals surface area contributed by atoms with Gasteiger partial charge in [-0.25, -0.2) is 4.39 Å². The van der Waals surface area contributed by atoms with Crippen molar-refractivity contribution in [1.82, 2.24) is 14.7 Å². The molecule has 1 aliphatic heterocycles. The fourth-order valence-electron chi connectivity index (χ4n) is 1.84. The molecular formula is C11H16ClFN4O. The Morgan fingerprint density at radius 1 is 1.67 bits per heavy atom. The van der Waals surface area contributed by atoms with Gasteiger partial charge in [-0.3, -0.25) is 9.48 Å². The standard InChI is InChI=1S/C11H15FN4O.ClH/c1-15-3-2-10-9(11(15)17)7-16(14-10)6-8(4-12)5-13;/h4,7H,2-3,5-6,13H2,1H3;1H. The van der Waals surface area contributed by atoms with E-state index in [0.29, 0.717) is 24.0 Å². The first-order valence-corrected chi connectivity index (χ1v) is 5.45. The zero-order valence-corrected chi connectivity index (χ0v) is 10.9. The van der Waals surface area contributed by atoms with Crippen LogP contribution in [0.15, 0.2) is 18.1 Å². The zero-order chi connectivity index (χ0) is 12.4. The Kier molecular flexibility index (Phi) is 4.86. The second-order valence-corrected chi connectivity index (χ2v) is 4.14. The van der Waals surface area contributed by atoms with E-state index in [4.69, 9.17) is 5.73 Å². The molecule has 2 heterocycles. The van der Waals surface area contributed by atoms with E-state index in [-0.39, 0.29) is 31.4 Å². The Balaban J connectivity index is 0.00000162. The van der Waals surface area contributed by atoms with Crippen molar-refractivity contribution < 1.29 is 9.18 Å². The summed E-state index contributed by atoms with van der Waals surface area (Å²) in [5.74, 6) is -0.0315. The molecule has 1 amide bonds. The monoisotopic (exact) mass is 274 g/mol. The van der Waals surface area contributed by atoms with Crippen LogP contribution in [0.4, 0.5) is 4.39 Å². The van der Waals surface area contributed by atoms with Crippen LogP contribution in [0.25, 0.3) is 0 Å². The van der Waals surface area contributed by atoms with Crippen molar-refractivity contribution in [2.45, 2.75) is 13.0 Å². The quantitative estimate of drug-likeness (QED) is 0.884. The van der Waals surface area contributed by atoms with Crippen molar-refractivity contribution in [3.8, 4) is 0 Å². The lowest BCUT2D eigenvalue weighted by Gasteiger charge is -2.20. The van der Waals surface area contributed by atoms with Gasteiger partial charge in [0, 0.05) is 32.8 Å². The molecule has 0 aromatic carbocycles. The number of nitrogens with zero attached hydrogens (tertiary/aromatic N) is 3. The van der Waals surface area contributed by atoms with Crippen LogP contribution in [0.5, 0.6) is 0 Å². The number of carbonyl (C=O) groups is 1. The molecule has 2 rings (SSSR count). The predicted octanol–water partition coefficient (Wildman–Crippen LogP) is 0.745. The molecule has 1 aromatic heterocycles. The minimum Gasteiger partial charge on any atom is -0.341 e. The van der Waals surface area contributed by atoms with Crippen molar-refractivity contribution in [2.24, 2.45) is 5.73 Å². The van der Waals surface area contributed by atoms with Gasteiger partial charge in [-0.2, -0.15) is 5.10 Å². The van der Waals surface area contributed by atoms with E-state index < -0.39 is 0 Å². The summed E-state index contributed by atoms with van der Waals surface area (Å²) in [6.45, 7) is 1.11. The van der Waals surface area contributed by atoms with Gasteiger partial charge in [-0.15, -0.1) is 12.4 Å². The Hall–Kier alpha value is -1.40. The third-order valence-electron chi connectivity index (χ3n) is 2.88. The zero-order valence-electron chi connectivity index (χ0n) is 10.1. The number of halogens is 2. The smallest absolute Gasteiger partial charge is 0.257 e. The number of amides is 1. The molecule has 0 saturated carbocycles. The van der Waals surface area contributed by atoms with Gasteiger partial charge in [-0.05, 0) is 5.57 Å². The molecule has 18 heavy (non-hydrogen) atoms. The number of hydrogen-bond donors (Lipinski definition) is 1. The summed E-state index contributed by atoms with van der Waals surface area (Å²) in [4.78, 5) is 13.5. The molecule has 0 bridgehead atoms. The van der Waals surface area contributed by atoms with E-state index in [1.807, 2.05) is 0 Å². The summed E-state index contributed by atoms with van der Waals surface area (Å²) in [5, 5.41) is 4.28. The summed E-state index contributed by atoms with van der Waals surface area (Å²) in [7, 11) is 1.76. The Morgan fingerprint density at radius 3 is 3.00 bits per heavy atom. The highest BCUT2D eigenvalue weighted by molar-refractivity contribution is 5.95. The van der Waals surface area contributed by atoms with E-state index >= 15 is 0 Å². The van der Waals surface area contributed by atoms with Crippen LogP contribution < -0.4 is 5.73 Å². The maximum absolute atomic E-state index is 12.4. The van der Waals surface area contributed by atoms with Gasteiger partial charge in [0.05, 0.1) is 24.1 Å². The van der Waals surface area contributed by atoms with Gasteiger partial charge >= 0.3 is 0 Å². The molecule has 1 aromatic rings. The third-order valence-corrected chi connectivity index (χ3v) is 2.88. The maximum atomic E-state index is 12.4. The van der Waals surface area contributed by atoms with Crippen LogP contribution in [-0.4, -0.2) is 40.7 Å². The third kappa shape index (κ3) is 2.70. The van der Waals surface area contributed by atoms with Crippen molar-refractivity contribution in [1.29, 1.82) is 0 Å². The van der Waals surface area contributed by atoms with Gasteiger partial charge in [0.15, 0.2) is 0 Å². The summed E-state index contributed by atoms with van der Waals surface area (Å²) in [6, 6.07) is 0. The van der Waals surface area contributed by atoms with Crippen molar-refractivity contribution >= 4 is 18.3 Å². The van der Waals surface area contributed by atoms with E-state index in [1.165, 1.54) is 0 Å². The first kappa shape index (κ1) is 14.7. The molecule has 7 heteroatoms.